The lowest BCUT2D eigenvalue weighted by Gasteiger charge is -2.20. The molecule has 0 aliphatic carbocycles. The van der Waals surface area contributed by atoms with Crippen LogP contribution in [0.3, 0.4) is 0 Å². The molecule has 6 nitrogen and oxygen atoms in total. The molecule has 6 heteroatoms. The minimum atomic E-state index is -0.847. The van der Waals surface area contributed by atoms with Gasteiger partial charge in [0.25, 0.3) is 0 Å². The Labute approximate surface area is 436 Å². The van der Waals surface area contributed by atoms with Gasteiger partial charge >= 0.3 is 5.97 Å². The fraction of sp³-hybridized carbons (Fsp3) is 0.875. The zero-order valence-corrected chi connectivity index (χ0v) is 47.0. The standard InChI is InChI=1S/C64H121NO5/c1-3-5-7-9-11-13-15-16-17-18-29-32-35-38-42-46-50-54-58-64(69)70-59-55-51-47-43-39-36-33-30-27-25-23-21-19-20-22-24-26-28-31-34-37-41-45-49-53-57-63(68)65-61(60-66)62(67)56-52-48-44-40-14-12-10-8-6-4-2/h20-23,52,56,61-62,66-67H,3-19,24-51,53-55,57-60H2,1-2H3,(H,65,68)/b22-20-,23-21-,56-52+. The predicted molar refractivity (Wildman–Crippen MR) is 306 cm³/mol. The molecule has 412 valence electrons. The van der Waals surface area contributed by atoms with Gasteiger partial charge in [0.05, 0.1) is 25.4 Å². The number of amides is 1. The molecule has 2 atom stereocenters. The molecule has 0 aromatic rings. The molecule has 0 aromatic heterocycles. The SMILES string of the molecule is CCCCCCCCCC/C=C/C(O)C(CO)NC(=O)CCCCCCCCCCC/C=C\C/C=C\CCCCCCCCCCCOC(=O)CCCCCCCCCCCCCCCCCCCC. The second-order valence-electron chi connectivity index (χ2n) is 21.4. The summed E-state index contributed by atoms with van der Waals surface area (Å²) in [6, 6.07) is -0.631. The Morgan fingerprint density at radius 2 is 0.714 bits per heavy atom. The molecule has 0 aliphatic heterocycles. The highest BCUT2D eigenvalue weighted by molar-refractivity contribution is 5.76. The Morgan fingerprint density at radius 1 is 0.400 bits per heavy atom. The molecule has 0 aliphatic rings. The van der Waals surface area contributed by atoms with Crippen molar-refractivity contribution in [3.63, 3.8) is 0 Å². The molecule has 70 heavy (non-hydrogen) atoms. The molecule has 0 rings (SSSR count). The van der Waals surface area contributed by atoms with Crippen molar-refractivity contribution in [2.24, 2.45) is 0 Å². The number of allylic oxidation sites excluding steroid dienone is 5. The van der Waals surface area contributed by atoms with E-state index in [4.69, 9.17) is 4.74 Å². The number of aliphatic hydroxyl groups excluding tert-OH is 2. The zero-order valence-electron chi connectivity index (χ0n) is 47.0. The maximum atomic E-state index is 12.4. The fourth-order valence-corrected chi connectivity index (χ4v) is 9.61. The van der Waals surface area contributed by atoms with Gasteiger partial charge in [-0.3, -0.25) is 9.59 Å². The van der Waals surface area contributed by atoms with Crippen molar-refractivity contribution in [1.29, 1.82) is 0 Å². The number of unbranched alkanes of at least 4 members (excludes halogenated alkanes) is 43. The van der Waals surface area contributed by atoms with Gasteiger partial charge in [0.1, 0.15) is 0 Å². The van der Waals surface area contributed by atoms with Crippen LogP contribution in [0.25, 0.3) is 0 Å². The fourth-order valence-electron chi connectivity index (χ4n) is 9.61. The van der Waals surface area contributed by atoms with Gasteiger partial charge in [-0.2, -0.15) is 0 Å². The third kappa shape index (κ3) is 55.4. The van der Waals surface area contributed by atoms with Gasteiger partial charge in [-0.15, -0.1) is 0 Å². The second-order valence-corrected chi connectivity index (χ2v) is 21.4. The number of rotatable bonds is 58. The average molecular weight is 985 g/mol. The molecule has 0 radical (unpaired) electrons. The van der Waals surface area contributed by atoms with E-state index in [-0.39, 0.29) is 18.5 Å². The highest BCUT2D eigenvalue weighted by Crippen LogP contribution is 2.17. The lowest BCUT2D eigenvalue weighted by Crippen LogP contribution is -2.45. The van der Waals surface area contributed by atoms with Crippen LogP contribution in [0.15, 0.2) is 36.5 Å². The summed E-state index contributed by atoms with van der Waals surface area (Å²) in [5.41, 5.74) is 0. The van der Waals surface area contributed by atoms with Crippen molar-refractivity contribution < 1.29 is 24.5 Å². The van der Waals surface area contributed by atoms with Crippen molar-refractivity contribution in [2.75, 3.05) is 13.2 Å². The third-order valence-electron chi connectivity index (χ3n) is 14.4. The van der Waals surface area contributed by atoms with Crippen LogP contribution < -0.4 is 5.32 Å². The third-order valence-corrected chi connectivity index (χ3v) is 14.4. The minimum absolute atomic E-state index is 0.0128. The topological polar surface area (TPSA) is 95.9 Å². The first-order valence-electron chi connectivity index (χ1n) is 31.3. The van der Waals surface area contributed by atoms with Crippen molar-refractivity contribution >= 4 is 11.9 Å². The normalized spacial score (nSPS) is 12.8. The van der Waals surface area contributed by atoms with Crippen molar-refractivity contribution in [3.8, 4) is 0 Å². The molecule has 0 fully saturated rings. The number of ether oxygens (including phenoxy) is 1. The Morgan fingerprint density at radius 3 is 1.09 bits per heavy atom. The summed E-state index contributed by atoms with van der Waals surface area (Å²) in [6.45, 7) is 4.89. The van der Waals surface area contributed by atoms with E-state index in [1.165, 1.54) is 263 Å². The first-order chi connectivity index (χ1) is 34.5. The quantitative estimate of drug-likeness (QED) is 0.0321. The van der Waals surface area contributed by atoms with Crippen molar-refractivity contribution in [3.05, 3.63) is 36.5 Å². The lowest BCUT2D eigenvalue weighted by molar-refractivity contribution is -0.143. The molecule has 0 aromatic carbocycles. The van der Waals surface area contributed by atoms with E-state index >= 15 is 0 Å². The van der Waals surface area contributed by atoms with Crippen LogP contribution in [-0.4, -0.2) is 47.4 Å². The molecule has 0 saturated heterocycles. The van der Waals surface area contributed by atoms with Crippen LogP contribution in [0.4, 0.5) is 0 Å². The lowest BCUT2D eigenvalue weighted by atomic mass is 10.0. The van der Waals surface area contributed by atoms with Crippen LogP contribution in [0.2, 0.25) is 0 Å². The van der Waals surface area contributed by atoms with Gasteiger partial charge in [-0.05, 0) is 64.2 Å². The summed E-state index contributed by atoms with van der Waals surface area (Å²) >= 11 is 0. The maximum absolute atomic E-state index is 12.4. The van der Waals surface area contributed by atoms with Crippen molar-refractivity contribution in [1.82, 2.24) is 5.32 Å². The van der Waals surface area contributed by atoms with Crippen molar-refractivity contribution in [2.45, 2.75) is 347 Å². The van der Waals surface area contributed by atoms with Crippen LogP contribution in [0.1, 0.15) is 335 Å². The van der Waals surface area contributed by atoms with Gasteiger partial charge in [0, 0.05) is 12.8 Å². The van der Waals surface area contributed by atoms with Gasteiger partial charge in [0.15, 0.2) is 0 Å². The Bertz CT molecular complexity index is 1130. The molecule has 0 bridgehead atoms. The smallest absolute Gasteiger partial charge is 0.305 e. The maximum Gasteiger partial charge on any atom is 0.305 e. The van der Waals surface area contributed by atoms with Crippen LogP contribution >= 0.6 is 0 Å². The van der Waals surface area contributed by atoms with Crippen LogP contribution in [0.5, 0.6) is 0 Å². The van der Waals surface area contributed by atoms with E-state index in [0.29, 0.717) is 19.4 Å². The molecule has 0 saturated carbocycles. The molecule has 0 spiro atoms. The van der Waals surface area contributed by atoms with Gasteiger partial charge in [-0.1, -0.05) is 294 Å². The highest BCUT2D eigenvalue weighted by atomic mass is 16.5. The Balaban J connectivity index is 3.40. The van der Waals surface area contributed by atoms with E-state index in [2.05, 4.69) is 43.5 Å². The highest BCUT2D eigenvalue weighted by Gasteiger charge is 2.18. The number of hydrogen-bond donors (Lipinski definition) is 3. The van der Waals surface area contributed by atoms with Crippen LogP contribution in [-0.2, 0) is 14.3 Å². The Hall–Kier alpha value is -1.92. The number of carbonyl (C=O) groups is 2. The second kappa shape index (κ2) is 59.6. The predicted octanol–water partition coefficient (Wildman–Crippen LogP) is 19.6. The minimum Gasteiger partial charge on any atom is -0.466 e. The molecule has 3 N–H and O–H groups in total. The summed E-state index contributed by atoms with van der Waals surface area (Å²) in [5.74, 6) is -0.0629. The summed E-state index contributed by atoms with van der Waals surface area (Å²) in [7, 11) is 0. The first kappa shape index (κ1) is 68.1. The average Bonchev–Trinajstić information content (AvgIpc) is 3.36. The van der Waals surface area contributed by atoms with Gasteiger partial charge < -0.3 is 20.3 Å². The summed E-state index contributed by atoms with van der Waals surface area (Å²) in [6.07, 6.45) is 74.8. The number of esters is 1. The molecule has 0 heterocycles. The zero-order chi connectivity index (χ0) is 50.7. The van der Waals surface area contributed by atoms with Gasteiger partial charge in [0.2, 0.25) is 5.91 Å². The summed E-state index contributed by atoms with van der Waals surface area (Å²) in [5, 5.41) is 23.0. The number of aliphatic hydroxyl groups is 2. The molecular weight excluding hydrogens is 863 g/mol. The number of carbonyl (C=O) groups excluding carboxylic acids is 2. The summed E-state index contributed by atoms with van der Waals surface area (Å²) in [4.78, 5) is 24.5. The summed E-state index contributed by atoms with van der Waals surface area (Å²) < 4.78 is 5.50. The van der Waals surface area contributed by atoms with Gasteiger partial charge in [-0.25, -0.2) is 0 Å². The van der Waals surface area contributed by atoms with E-state index in [9.17, 15) is 19.8 Å². The number of hydrogen-bond acceptors (Lipinski definition) is 5. The molecule has 1 amide bonds. The molecule has 2 unspecified atom stereocenters. The van der Waals surface area contributed by atoms with E-state index < -0.39 is 12.1 Å². The van der Waals surface area contributed by atoms with E-state index in [1.807, 2.05) is 6.08 Å². The first-order valence-corrected chi connectivity index (χ1v) is 31.3. The van der Waals surface area contributed by atoms with E-state index in [0.717, 1.165) is 44.9 Å². The Kier molecular flexibility index (Phi) is 58.0. The molecular formula is C64H121NO5. The monoisotopic (exact) mass is 984 g/mol. The van der Waals surface area contributed by atoms with E-state index in [1.54, 1.807) is 6.08 Å². The van der Waals surface area contributed by atoms with Crippen LogP contribution in [0, 0.1) is 0 Å². The largest absolute Gasteiger partial charge is 0.466 e. The number of nitrogens with one attached hydrogen (secondary N) is 1.